The van der Waals surface area contributed by atoms with Crippen LogP contribution < -0.4 is 0 Å². The molecule has 0 aromatic carbocycles. The van der Waals surface area contributed by atoms with Crippen molar-refractivity contribution in [2.75, 3.05) is 6.54 Å². The number of Topliss-reactive ketones (excluding diaryl/α,β-unsaturated/α-hetero) is 1. The van der Waals surface area contributed by atoms with Crippen molar-refractivity contribution in [2.24, 2.45) is 0 Å². The standard InChI is InChI=1S/C9H13NO2/c1-6-4-9(7(2)11)10(5-6)8(3)12/h9H,1,4-5H2,2-3H3. The summed E-state index contributed by atoms with van der Waals surface area (Å²) < 4.78 is 0. The lowest BCUT2D eigenvalue weighted by Crippen LogP contribution is -2.37. The molecule has 66 valence electrons. The van der Waals surface area contributed by atoms with Gasteiger partial charge in [0.15, 0.2) is 5.78 Å². The zero-order valence-corrected chi connectivity index (χ0v) is 7.46. The first-order valence-electron chi connectivity index (χ1n) is 3.96. The molecule has 1 aliphatic rings. The topological polar surface area (TPSA) is 37.4 Å². The van der Waals surface area contributed by atoms with Gasteiger partial charge in [0.25, 0.3) is 0 Å². The summed E-state index contributed by atoms with van der Waals surface area (Å²) in [4.78, 5) is 23.7. The summed E-state index contributed by atoms with van der Waals surface area (Å²) in [6.07, 6.45) is 0.634. The second-order valence-electron chi connectivity index (χ2n) is 3.23. The van der Waals surface area contributed by atoms with Crippen molar-refractivity contribution in [2.45, 2.75) is 26.3 Å². The third kappa shape index (κ3) is 1.55. The molecule has 0 N–H and O–H groups in total. The number of hydrogen-bond donors (Lipinski definition) is 0. The van der Waals surface area contributed by atoms with Crippen molar-refractivity contribution in [3.8, 4) is 0 Å². The molecule has 0 aliphatic carbocycles. The Morgan fingerprint density at radius 2 is 2.08 bits per heavy atom. The van der Waals surface area contributed by atoms with Crippen molar-refractivity contribution in [1.82, 2.24) is 4.90 Å². The molecule has 1 unspecified atom stereocenters. The van der Waals surface area contributed by atoms with Gasteiger partial charge < -0.3 is 4.90 Å². The van der Waals surface area contributed by atoms with Gasteiger partial charge in [0.2, 0.25) is 5.91 Å². The van der Waals surface area contributed by atoms with Gasteiger partial charge in [-0.25, -0.2) is 0 Å². The maximum Gasteiger partial charge on any atom is 0.220 e. The Hall–Kier alpha value is -1.12. The number of carbonyl (C=O) groups excluding carboxylic acids is 2. The predicted molar refractivity (Wildman–Crippen MR) is 45.6 cm³/mol. The van der Waals surface area contributed by atoms with E-state index in [1.54, 1.807) is 4.90 Å². The molecule has 1 heterocycles. The highest BCUT2D eigenvalue weighted by atomic mass is 16.2. The van der Waals surface area contributed by atoms with E-state index in [1.807, 2.05) is 0 Å². The average molecular weight is 167 g/mol. The van der Waals surface area contributed by atoms with E-state index in [0.717, 1.165) is 5.57 Å². The Balaban J connectivity index is 2.79. The van der Waals surface area contributed by atoms with Crippen LogP contribution in [0.4, 0.5) is 0 Å². The maximum atomic E-state index is 11.1. The molecule has 0 radical (unpaired) electrons. The van der Waals surface area contributed by atoms with E-state index in [0.29, 0.717) is 13.0 Å². The van der Waals surface area contributed by atoms with Crippen LogP contribution in [0, 0.1) is 0 Å². The quantitative estimate of drug-likeness (QED) is 0.540. The van der Waals surface area contributed by atoms with Crippen LogP contribution in [0.5, 0.6) is 0 Å². The predicted octanol–water partition coefficient (Wildman–Crippen LogP) is 0.752. The number of hydrogen-bond acceptors (Lipinski definition) is 2. The second-order valence-corrected chi connectivity index (χ2v) is 3.23. The molecule has 1 amide bonds. The number of ketones is 1. The highest BCUT2D eigenvalue weighted by Crippen LogP contribution is 2.21. The SMILES string of the molecule is C=C1CC(C(C)=O)N(C(C)=O)C1. The Morgan fingerprint density at radius 3 is 2.42 bits per heavy atom. The molecular formula is C9H13NO2. The van der Waals surface area contributed by atoms with Crippen LogP contribution in [0.1, 0.15) is 20.3 Å². The van der Waals surface area contributed by atoms with Gasteiger partial charge in [-0.3, -0.25) is 9.59 Å². The molecule has 0 saturated carbocycles. The van der Waals surface area contributed by atoms with Gasteiger partial charge in [0.1, 0.15) is 0 Å². The van der Waals surface area contributed by atoms with Gasteiger partial charge in [-0.1, -0.05) is 12.2 Å². The summed E-state index contributed by atoms with van der Waals surface area (Å²) in [6, 6.07) is -0.255. The fourth-order valence-electron chi connectivity index (χ4n) is 1.49. The van der Waals surface area contributed by atoms with E-state index in [-0.39, 0.29) is 17.7 Å². The average Bonchev–Trinajstić information content (AvgIpc) is 2.31. The molecule has 0 spiro atoms. The van der Waals surface area contributed by atoms with E-state index >= 15 is 0 Å². The Labute approximate surface area is 72.0 Å². The van der Waals surface area contributed by atoms with Gasteiger partial charge in [0.05, 0.1) is 6.04 Å². The molecule has 0 aromatic heterocycles. The molecule has 1 rings (SSSR count). The summed E-state index contributed by atoms with van der Waals surface area (Å²) in [6.45, 7) is 7.31. The number of carbonyl (C=O) groups is 2. The molecule has 3 nitrogen and oxygen atoms in total. The van der Waals surface area contributed by atoms with Crippen molar-refractivity contribution in [1.29, 1.82) is 0 Å². The molecule has 1 atom stereocenters. The van der Waals surface area contributed by atoms with Crippen LogP contribution in [0.25, 0.3) is 0 Å². The van der Waals surface area contributed by atoms with Crippen LogP contribution in [0.2, 0.25) is 0 Å². The molecule has 0 bridgehead atoms. The summed E-state index contributed by atoms with van der Waals surface area (Å²) in [5.41, 5.74) is 0.963. The number of nitrogens with zero attached hydrogens (tertiary/aromatic N) is 1. The van der Waals surface area contributed by atoms with E-state index in [9.17, 15) is 9.59 Å². The number of likely N-dealkylation sites (tertiary alicyclic amines) is 1. The lowest BCUT2D eigenvalue weighted by atomic mass is 10.1. The van der Waals surface area contributed by atoms with Crippen molar-refractivity contribution in [3.05, 3.63) is 12.2 Å². The van der Waals surface area contributed by atoms with Gasteiger partial charge >= 0.3 is 0 Å². The van der Waals surface area contributed by atoms with Crippen molar-refractivity contribution < 1.29 is 9.59 Å². The van der Waals surface area contributed by atoms with Crippen LogP contribution in [-0.4, -0.2) is 29.2 Å². The monoisotopic (exact) mass is 167 g/mol. The molecule has 3 heteroatoms. The van der Waals surface area contributed by atoms with Crippen molar-refractivity contribution >= 4 is 11.7 Å². The zero-order valence-electron chi connectivity index (χ0n) is 7.46. The van der Waals surface area contributed by atoms with Crippen LogP contribution in [0.3, 0.4) is 0 Å². The Morgan fingerprint density at radius 1 is 1.50 bits per heavy atom. The first-order chi connectivity index (χ1) is 5.52. The Bertz CT molecular complexity index is 221. The largest absolute Gasteiger partial charge is 0.329 e. The Kier molecular flexibility index (Phi) is 2.31. The van der Waals surface area contributed by atoms with E-state index < -0.39 is 0 Å². The van der Waals surface area contributed by atoms with Gasteiger partial charge in [-0.2, -0.15) is 0 Å². The van der Waals surface area contributed by atoms with Gasteiger partial charge in [-0.15, -0.1) is 0 Å². The minimum atomic E-state index is -0.255. The number of amides is 1. The minimum Gasteiger partial charge on any atom is -0.329 e. The molecule has 1 saturated heterocycles. The molecule has 1 fully saturated rings. The fraction of sp³-hybridized carbons (Fsp3) is 0.556. The second kappa shape index (κ2) is 3.09. The van der Waals surface area contributed by atoms with Crippen LogP contribution in [0.15, 0.2) is 12.2 Å². The highest BCUT2D eigenvalue weighted by Gasteiger charge is 2.31. The molecule has 1 aliphatic heterocycles. The van der Waals surface area contributed by atoms with Gasteiger partial charge in [0, 0.05) is 13.5 Å². The lowest BCUT2D eigenvalue weighted by Gasteiger charge is -2.19. The summed E-state index contributed by atoms with van der Waals surface area (Å²) in [5, 5.41) is 0. The highest BCUT2D eigenvalue weighted by molar-refractivity contribution is 5.88. The molecule has 0 aromatic rings. The molecular weight excluding hydrogens is 154 g/mol. The van der Waals surface area contributed by atoms with Gasteiger partial charge in [-0.05, 0) is 13.3 Å². The summed E-state index contributed by atoms with van der Waals surface area (Å²) in [7, 11) is 0. The van der Waals surface area contributed by atoms with E-state index in [2.05, 4.69) is 6.58 Å². The first kappa shape index (κ1) is 8.97. The third-order valence-electron chi connectivity index (χ3n) is 2.13. The first-order valence-corrected chi connectivity index (χ1v) is 3.96. The third-order valence-corrected chi connectivity index (χ3v) is 2.13. The fourth-order valence-corrected chi connectivity index (χ4v) is 1.49. The summed E-state index contributed by atoms with van der Waals surface area (Å²) in [5.74, 6) is -0.00213. The number of rotatable bonds is 1. The maximum absolute atomic E-state index is 11.1. The molecule has 12 heavy (non-hydrogen) atoms. The minimum absolute atomic E-state index is 0.0452. The van der Waals surface area contributed by atoms with E-state index in [4.69, 9.17) is 0 Å². The lowest BCUT2D eigenvalue weighted by molar-refractivity contribution is -0.135. The van der Waals surface area contributed by atoms with Crippen LogP contribution in [-0.2, 0) is 9.59 Å². The van der Waals surface area contributed by atoms with Crippen LogP contribution >= 0.6 is 0 Å². The normalized spacial score (nSPS) is 23.0. The van der Waals surface area contributed by atoms with Crippen molar-refractivity contribution in [3.63, 3.8) is 0 Å². The zero-order chi connectivity index (χ0) is 9.30. The smallest absolute Gasteiger partial charge is 0.220 e. The van der Waals surface area contributed by atoms with E-state index in [1.165, 1.54) is 13.8 Å². The summed E-state index contributed by atoms with van der Waals surface area (Å²) >= 11 is 0.